The van der Waals surface area contributed by atoms with E-state index in [0.29, 0.717) is 0 Å². The second kappa shape index (κ2) is 4.87. The molecular formula is C8H16N4. The lowest BCUT2D eigenvalue weighted by atomic mass is 10.1. The fourth-order valence-electron chi connectivity index (χ4n) is 1.14. The Morgan fingerprint density at radius 2 is 2.42 bits per heavy atom. The Kier molecular flexibility index (Phi) is 3.73. The van der Waals surface area contributed by atoms with Crippen molar-refractivity contribution in [1.29, 1.82) is 0 Å². The number of aromatic nitrogens is 3. The van der Waals surface area contributed by atoms with Crippen molar-refractivity contribution in [1.82, 2.24) is 15.2 Å². The molecule has 0 aliphatic heterocycles. The lowest BCUT2D eigenvalue weighted by Gasteiger charge is -2.06. The fraction of sp³-hybridized carbons (Fsp3) is 0.750. The summed E-state index contributed by atoms with van der Waals surface area (Å²) < 4.78 is 0. The van der Waals surface area contributed by atoms with E-state index in [1.807, 2.05) is 0 Å². The van der Waals surface area contributed by atoms with E-state index in [1.165, 1.54) is 25.6 Å². The van der Waals surface area contributed by atoms with Crippen LogP contribution >= 0.6 is 0 Å². The Balaban J connectivity index is 2.25. The molecule has 0 spiro atoms. The highest BCUT2D eigenvalue weighted by Crippen LogP contribution is 2.12. The molecule has 0 saturated heterocycles. The Morgan fingerprint density at radius 3 is 3.00 bits per heavy atom. The van der Waals surface area contributed by atoms with Crippen LogP contribution in [0, 0.1) is 0 Å². The van der Waals surface area contributed by atoms with Crippen LogP contribution < -0.4 is 5.73 Å². The zero-order chi connectivity index (χ0) is 8.81. The minimum Gasteiger partial charge on any atom is -0.321 e. The Bertz CT molecular complexity index is 195. The summed E-state index contributed by atoms with van der Waals surface area (Å²) in [5.41, 5.74) is 5.85. The molecule has 0 fully saturated rings. The first-order valence-corrected chi connectivity index (χ1v) is 4.45. The minimum atomic E-state index is 0.0269. The van der Waals surface area contributed by atoms with E-state index in [4.69, 9.17) is 5.73 Å². The average molecular weight is 168 g/mol. The van der Waals surface area contributed by atoms with Crippen LogP contribution in [0.15, 0.2) is 6.33 Å². The maximum absolute atomic E-state index is 5.85. The fourth-order valence-corrected chi connectivity index (χ4v) is 1.14. The van der Waals surface area contributed by atoms with Crippen molar-refractivity contribution in [3.8, 4) is 0 Å². The number of hydrogen-bond donors (Lipinski definition) is 2. The van der Waals surface area contributed by atoms with Gasteiger partial charge in [0.15, 0.2) is 0 Å². The summed E-state index contributed by atoms with van der Waals surface area (Å²) >= 11 is 0. The van der Waals surface area contributed by atoms with Gasteiger partial charge in [-0.25, -0.2) is 4.98 Å². The SMILES string of the molecule is CCCCCC(N)c1ncn[nH]1. The predicted molar refractivity (Wildman–Crippen MR) is 47.5 cm³/mol. The van der Waals surface area contributed by atoms with Gasteiger partial charge in [0, 0.05) is 0 Å². The summed E-state index contributed by atoms with van der Waals surface area (Å²) in [5.74, 6) is 0.797. The van der Waals surface area contributed by atoms with Gasteiger partial charge in [0.25, 0.3) is 0 Å². The number of nitrogens with one attached hydrogen (secondary N) is 1. The average Bonchev–Trinajstić information content (AvgIpc) is 2.56. The minimum absolute atomic E-state index is 0.0269. The number of hydrogen-bond acceptors (Lipinski definition) is 3. The van der Waals surface area contributed by atoms with Gasteiger partial charge in [0.1, 0.15) is 12.2 Å². The van der Waals surface area contributed by atoms with E-state index in [-0.39, 0.29) is 6.04 Å². The topological polar surface area (TPSA) is 67.6 Å². The van der Waals surface area contributed by atoms with Gasteiger partial charge in [-0.3, -0.25) is 5.10 Å². The van der Waals surface area contributed by atoms with E-state index in [1.54, 1.807) is 0 Å². The Hall–Kier alpha value is -0.900. The maximum Gasteiger partial charge on any atom is 0.141 e. The van der Waals surface area contributed by atoms with Gasteiger partial charge < -0.3 is 5.73 Å². The molecule has 1 aromatic heterocycles. The monoisotopic (exact) mass is 168 g/mol. The molecule has 4 heteroatoms. The number of nitrogens with two attached hydrogens (primary N) is 1. The molecule has 0 radical (unpaired) electrons. The molecule has 4 nitrogen and oxygen atoms in total. The number of aromatic amines is 1. The normalized spacial score (nSPS) is 13.2. The summed E-state index contributed by atoms with van der Waals surface area (Å²) in [6.45, 7) is 2.18. The summed E-state index contributed by atoms with van der Waals surface area (Å²) in [7, 11) is 0. The molecule has 0 aromatic carbocycles. The summed E-state index contributed by atoms with van der Waals surface area (Å²) in [5, 5.41) is 6.53. The molecule has 12 heavy (non-hydrogen) atoms. The van der Waals surface area contributed by atoms with Crippen molar-refractivity contribution in [3.05, 3.63) is 12.2 Å². The molecule has 1 rings (SSSR count). The van der Waals surface area contributed by atoms with Crippen LogP contribution in [0.1, 0.15) is 44.5 Å². The first-order valence-electron chi connectivity index (χ1n) is 4.45. The first-order chi connectivity index (χ1) is 5.84. The van der Waals surface area contributed by atoms with Crippen molar-refractivity contribution < 1.29 is 0 Å². The van der Waals surface area contributed by atoms with Gasteiger partial charge in [0.05, 0.1) is 6.04 Å². The molecule has 1 unspecified atom stereocenters. The van der Waals surface area contributed by atoms with Gasteiger partial charge >= 0.3 is 0 Å². The standard InChI is InChI=1S/C8H16N4/c1-2-3-4-5-7(9)8-10-6-11-12-8/h6-7H,2-5,9H2,1H3,(H,10,11,12). The van der Waals surface area contributed by atoms with Gasteiger partial charge in [-0.1, -0.05) is 26.2 Å². The zero-order valence-corrected chi connectivity index (χ0v) is 7.45. The van der Waals surface area contributed by atoms with Crippen molar-refractivity contribution >= 4 is 0 Å². The molecule has 1 atom stereocenters. The van der Waals surface area contributed by atoms with Crippen molar-refractivity contribution in [2.24, 2.45) is 5.73 Å². The predicted octanol–water partition coefficient (Wildman–Crippen LogP) is 1.38. The highest BCUT2D eigenvalue weighted by Gasteiger charge is 2.07. The molecule has 0 aliphatic carbocycles. The van der Waals surface area contributed by atoms with Crippen LogP contribution in [-0.4, -0.2) is 15.2 Å². The number of nitrogens with zero attached hydrogens (tertiary/aromatic N) is 2. The molecule has 3 N–H and O–H groups in total. The van der Waals surface area contributed by atoms with Crippen LogP contribution in [0.3, 0.4) is 0 Å². The second-order valence-electron chi connectivity index (χ2n) is 2.97. The maximum atomic E-state index is 5.85. The Labute approximate surface area is 72.6 Å². The van der Waals surface area contributed by atoms with Gasteiger partial charge in [-0.2, -0.15) is 5.10 Å². The highest BCUT2D eigenvalue weighted by atomic mass is 15.2. The molecule has 1 heterocycles. The van der Waals surface area contributed by atoms with E-state index in [9.17, 15) is 0 Å². The van der Waals surface area contributed by atoms with Crippen molar-refractivity contribution in [2.45, 2.75) is 38.6 Å². The van der Waals surface area contributed by atoms with Crippen molar-refractivity contribution in [3.63, 3.8) is 0 Å². The van der Waals surface area contributed by atoms with E-state index >= 15 is 0 Å². The highest BCUT2D eigenvalue weighted by molar-refractivity contribution is 4.88. The molecule has 0 bridgehead atoms. The van der Waals surface area contributed by atoms with Gasteiger partial charge in [-0.05, 0) is 6.42 Å². The van der Waals surface area contributed by atoms with Crippen LogP contribution in [-0.2, 0) is 0 Å². The zero-order valence-electron chi connectivity index (χ0n) is 7.45. The molecule has 1 aromatic rings. The largest absolute Gasteiger partial charge is 0.321 e. The lowest BCUT2D eigenvalue weighted by Crippen LogP contribution is -2.11. The van der Waals surface area contributed by atoms with E-state index < -0.39 is 0 Å². The number of H-pyrrole nitrogens is 1. The third kappa shape index (κ3) is 2.62. The van der Waals surface area contributed by atoms with Crippen LogP contribution in [0.5, 0.6) is 0 Å². The molecular weight excluding hydrogens is 152 g/mol. The molecule has 0 amide bonds. The first kappa shape index (κ1) is 9.19. The van der Waals surface area contributed by atoms with Crippen LogP contribution in [0.25, 0.3) is 0 Å². The van der Waals surface area contributed by atoms with Crippen LogP contribution in [0.4, 0.5) is 0 Å². The van der Waals surface area contributed by atoms with Gasteiger partial charge in [-0.15, -0.1) is 0 Å². The van der Waals surface area contributed by atoms with E-state index in [0.717, 1.165) is 12.2 Å². The molecule has 68 valence electrons. The molecule has 0 saturated carbocycles. The summed E-state index contributed by atoms with van der Waals surface area (Å²) in [4.78, 5) is 4.00. The molecule has 0 aliphatic rings. The van der Waals surface area contributed by atoms with Crippen LogP contribution in [0.2, 0.25) is 0 Å². The van der Waals surface area contributed by atoms with Gasteiger partial charge in [0.2, 0.25) is 0 Å². The van der Waals surface area contributed by atoms with Crippen molar-refractivity contribution in [2.75, 3.05) is 0 Å². The van der Waals surface area contributed by atoms with E-state index in [2.05, 4.69) is 22.1 Å². The smallest absolute Gasteiger partial charge is 0.141 e. The third-order valence-corrected chi connectivity index (χ3v) is 1.90. The number of unbranched alkanes of at least 4 members (excludes halogenated alkanes) is 2. The number of rotatable bonds is 5. The Morgan fingerprint density at radius 1 is 1.58 bits per heavy atom. The lowest BCUT2D eigenvalue weighted by molar-refractivity contribution is 0.559. The summed E-state index contributed by atoms with van der Waals surface area (Å²) in [6.07, 6.45) is 6.11. The second-order valence-corrected chi connectivity index (χ2v) is 2.97. The quantitative estimate of drug-likeness (QED) is 0.653. The summed E-state index contributed by atoms with van der Waals surface area (Å²) in [6, 6.07) is 0.0269. The third-order valence-electron chi connectivity index (χ3n) is 1.90.